The number of hydrogen-bond acceptors (Lipinski definition) is 3. The van der Waals surface area contributed by atoms with Gasteiger partial charge in [-0.2, -0.15) is 17.4 Å². The molecule has 0 spiro atoms. The minimum atomic E-state index is -3.41. The fraction of sp³-hybridized carbons (Fsp3) is 0.600. The summed E-state index contributed by atoms with van der Waals surface area (Å²) in [6, 6.07) is 7.47. The van der Waals surface area contributed by atoms with Gasteiger partial charge in [0.15, 0.2) is 0 Å². The predicted molar refractivity (Wildman–Crippen MR) is 84.8 cm³/mol. The highest BCUT2D eigenvalue weighted by molar-refractivity contribution is 7.87. The highest BCUT2D eigenvalue weighted by Crippen LogP contribution is 2.20. The Morgan fingerprint density at radius 1 is 1.29 bits per heavy atom. The number of piperidine rings is 1. The normalized spacial score (nSPS) is 19.6. The van der Waals surface area contributed by atoms with Gasteiger partial charge in [-0.15, -0.1) is 0 Å². The molecule has 0 aliphatic carbocycles. The lowest BCUT2D eigenvalue weighted by Gasteiger charge is -2.30. The van der Waals surface area contributed by atoms with Gasteiger partial charge in [-0.25, -0.2) is 0 Å². The van der Waals surface area contributed by atoms with Crippen LogP contribution < -0.4 is 10.5 Å². The molecule has 0 aromatic heterocycles. The van der Waals surface area contributed by atoms with E-state index >= 15 is 0 Å². The minimum Gasteiger partial charge on any atom is -0.326 e. The Bertz CT molecular complexity index is 549. The van der Waals surface area contributed by atoms with Crippen LogP contribution in [0.1, 0.15) is 43.9 Å². The molecule has 0 amide bonds. The summed E-state index contributed by atoms with van der Waals surface area (Å²) in [5.74, 6) is 0.609. The number of benzene rings is 1. The zero-order chi connectivity index (χ0) is 15.5. The van der Waals surface area contributed by atoms with Gasteiger partial charge in [0.1, 0.15) is 0 Å². The van der Waals surface area contributed by atoms with E-state index in [0.717, 1.165) is 24.0 Å². The summed E-state index contributed by atoms with van der Waals surface area (Å²) in [6.45, 7) is 5.73. The van der Waals surface area contributed by atoms with Gasteiger partial charge >= 0.3 is 0 Å². The second-order valence-corrected chi connectivity index (χ2v) is 7.57. The summed E-state index contributed by atoms with van der Waals surface area (Å²) >= 11 is 0. The van der Waals surface area contributed by atoms with Gasteiger partial charge in [-0.1, -0.05) is 31.2 Å². The van der Waals surface area contributed by atoms with Crippen LogP contribution in [0.5, 0.6) is 0 Å². The van der Waals surface area contributed by atoms with Crippen molar-refractivity contribution >= 4 is 10.2 Å². The highest BCUT2D eigenvalue weighted by atomic mass is 32.2. The van der Waals surface area contributed by atoms with Crippen molar-refractivity contribution in [2.75, 3.05) is 13.1 Å². The van der Waals surface area contributed by atoms with Gasteiger partial charge in [0.05, 0.1) is 0 Å². The van der Waals surface area contributed by atoms with Gasteiger partial charge < -0.3 is 5.73 Å². The van der Waals surface area contributed by atoms with E-state index in [4.69, 9.17) is 5.73 Å². The third kappa shape index (κ3) is 4.26. The Hall–Kier alpha value is -0.950. The molecule has 1 aromatic rings. The largest absolute Gasteiger partial charge is 0.326 e. The van der Waals surface area contributed by atoms with E-state index in [0.29, 0.717) is 25.6 Å². The predicted octanol–water partition coefficient (Wildman–Crippen LogP) is 1.77. The molecular formula is C15H25N3O2S. The quantitative estimate of drug-likeness (QED) is 0.870. The van der Waals surface area contributed by atoms with Crippen molar-refractivity contribution < 1.29 is 8.42 Å². The van der Waals surface area contributed by atoms with E-state index in [9.17, 15) is 8.42 Å². The van der Waals surface area contributed by atoms with Gasteiger partial charge in [-0.3, -0.25) is 0 Å². The Labute approximate surface area is 127 Å². The molecule has 1 heterocycles. The first-order chi connectivity index (χ1) is 9.92. The van der Waals surface area contributed by atoms with Crippen molar-refractivity contribution in [2.45, 2.75) is 39.3 Å². The number of nitrogens with one attached hydrogen (secondary N) is 1. The zero-order valence-corrected chi connectivity index (χ0v) is 13.6. The van der Waals surface area contributed by atoms with Gasteiger partial charge in [0, 0.05) is 25.7 Å². The lowest BCUT2D eigenvalue weighted by Crippen LogP contribution is -2.45. The molecule has 0 bridgehead atoms. The molecule has 1 saturated heterocycles. The van der Waals surface area contributed by atoms with Crippen molar-refractivity contribution in [1.82, 2.24) is 9.03 Å². The maximum absolute atomic E-state index is 12.4. The van der Waals surface area contributed by atoms with Crippen LogP contribution in [-0.2, 0) is 16.8 Å². The second-order valence-electron chi connectivity index (χ2n) is 5.87. The Morgan fingerprint density at radius 3 is 2.38 bits per heavy atom. The summed E-state index contributed by atoms with van der Waals surface area (Å²) in [5.41, 5.74) is 7.55. The third-order valence-corrected chi connectivity index (χ3v) is 5.82. The molecule has 118 valence electrons. The fourth-order valence-corrected chi connectivity index (χ4v) is 3.96. The van der Waals surface area contributed by atoms with Crippen LogP contribution in [0.15, 0.2) is 24.3 Å². The van der Waals surface area contributed by atoms with Crippen molar-refractivity contribution in [2.24, 2.45) is 11.7 Å². The SMILES string of the molecule is CC1CCN(S(=O)(=O)NC(C)c2ccc(CN)cc2)CC1. The molecule has 1 aromatic carbocycles. The fourth-order valence-electron chi connectivity index (χ4n) is 2.53. The summed E-state index contributed by atoms with van der Waals surface area (Å²) in [7, 11) is -3.41. The first-order valence-electron chi connectivity index (χ1n) is 7.48. The molecule has 21 heavy (non-hydrogen) atoms. The first kappa shape index (κ1) is 16.4. The van der Waals surface area contributed by atoms with Crippen LogP contribution >= 0.6 is 0 Å². The van der Waals surface area contributed by atoms with Crippen molar-refractivity contribution in [3.8, 4) is 0 Å². The molecular weight excluding hydrogens is 286 g/mol. The van der Waals surface area contributed by atoms with E-state index in [1.54, 1.807) is 4.31 Å². The Balaban J connectivity index is 2.01. The number of rotatable bonds is 5. The first-order valence-corrected chi connectivity index (χ1v) is 8.92. The van der Waals surface area contributed by atoms with Crippen molar-refractivity contribution in [3.63, 3.8) is 0 Å². The molecule has 1 atom stereocenters. The van der Waals surface area contributed by atoms with Crippen molar-refractivity contribution in [1.29, 1.82) is 0 Å². The average Bonchev–Trinajstić information content (AvgIpc) is 2.47. The number of nitrogens with zero attached hydrogens (tertiary/aromatic N) is 1. The molecule has 6 heteroatoms. The summed E-state index contributed by atoms with van der Waals surface area (Å²) in [6.07, 6.45) is 1.86. The Morgan fingerprint density at radius 2 is 1.86 bits per heavy atom. The lowest BCUT2D eigenvalue weighted by molar-refractivity contribution is 0.284. The molecule has 1 aliphatic heterocycles. The molecule has 1 aliphatic rings. The smallest absolute Gasteiger partial charge is 0.279 e. The van der Waals surface area contributed by atoms with E-state index in [1.165, 1.54) is 0 Å². The van der Waals surface area contributed by atoms with E-state index in [2.05, 4.69) is 11.6 Å². The summed E-state index contributed by atoms with van der Waals surface area (Å²) in [4.78, 5) is 0. The Kier molecular flexibility index (Phi) is 5.37. The van der Waals surface area contributed by atoms with Crippen LogP contribution in [-0.4, -0.2) is 25.8 Å². The lowest BCUT2D eigenvalue weighted by atomic mass is 10.0. The van der Waals surface area contributed by atoms with E-state index < -0.39 is 10.2 Å². The molecule has 5 nitrogen and oxygen atoms in total. The van der Waals surface area contributed by atoms with Crippen molar-refractivity contribution in [3.05, 3.63) is 35.4 Å². The zero-order valence-electron chi connectivity index (χ0n) is 12.7. The van der Waals surface area contributed by atoms with Crippen LogP contribution in [0.4, 0.5) is 0 Å². The monoisotopic (exact) mass is 311 g/mol. The topological polar surface area (TPSA) is 75.4 Å². The summed E-state index contributed by atoms with van der Waals surface area (Å²) in [5, 5.41) is 0. The number of hydrogen-bond donors (Lipinski definition) is 2. The van der Waals surface area contributed by atoms with Gasteiger partial charge in [0.2, 0.25) is 0 Å². The number of nitrogens with two attached hydrogens (primary N) is 1. The minimum absolute atomic E-state index is 0.249. The molecule has 3 N–H and O–H groups in total. The highest BCUT2D eigenvalue weighted by Gasteiger charge is 2.27. The van der Waals surface area contributed by atoms with E-state index in [-0.39, 0.29) is 6.04 Å². The van der Waals surface area contributed by atoms with Crippen LogP contribution in [0.2, 0.25) is 0 Å². The summed E-state index contributed by atoms with van der Waals surface area (Å²) < 4.78 is 29.1. The maximum Gasteiger partial charge on any atom is 0.279 e. The van der Waals surface area contributed by atoms with Crippen LogP contribution in [0, 0.1) is 5.92 Å². The average molecular weight is 311 g/mol. The molecule has 2 rings (SSSR count). The van der Waals surface area contributed by atoms with Crippen LogP contribution in [0.3, 0.4) is 0 Å². The maximum atomic E-state index is 12.4. The van der Waals surface area contributed by atoms with E-state index in [1.807, 2.05) is 31.2 Å². The molecule has 1 unspecified atom stereocenters. The molecule has 0 saturated carbocycles. The third-order valence-electron chi connectivity index (χ3n) is 4.12. The second kappa shape index (κ2) is 6.87. The van der Waals surface area contributed by atoms with Gasteiger partial charge in [-0.05, 0) is 36.8 Å². The van der Waals surface area contributed by atoms with Crippen LogP contribution in [0.25, 0.3) is 0 Å². The molecule has 0 radical (unpaired) electrons. The van der Waals surface area contributed by atoms with Gasteiger partial charge in [0.25, 0.3) is 10.2 Å². The standard InChI is InChI=1S/C15H25N3O2S/c1-12-7-9-18(10-8-12)21(19,20)17-13(2)15-5-3-14(11-16)4-6-15/h3-6,12-13,17H,7-11,16H2,1-2H3. The molecule has 1 fully saturated rings.